The molecule has 1 saturated carbocycles. The average Bonchev–Trinajstić information content (AvgIpc) is 2.35. The standard InChI is InChI=1S/C15H30N2O3S/c1-11(2)13-7-5-6-8-14(13)17-15(18)16-12(3)9-10-21(4,19)20/h11-14H,5-10H2,1-4H3,(H2,16,17,18)/t12-,13+,14+/m1/s1. The van der Waals surface area contributed by atoms with Gasteiger partial charge >= 0.3 is 6.03 Å². The SMILES string of the molecule is CC(C)[C@@H]1CCCC[C@@H]1NC(=O)N[C@H](C)CCS(C)(=O)=O. The van der Waals surface area contributed by atoms with E-state index in [-0.39, 0.29) is 23.9 Å². The minimum Gasteiger partial charge on any atom is -0.336 e. The van der Waals surface area contributed by atoms with Crippen molar-refractivity contribution in [2.75, 3.05) is 12.0 Å². The maximum absolute atomic E-state index is 12.0. The van der Waals surface area contributed by atoms with Crippen molar-refractivity contribution in [2.45, 2.75) is 65.0 Å². The molecule has 0 heterocycles. The van der Waals surface area contributed by atoms with Crippen LogP contribution in [0.25, 0.3) is 0 Å². The Labute approximate surface area is 129 Å². The van der Waals surface area contributed by atoms with Crippen molar-refractivity contribution in [3.05, 3.63) is 0 Å². The Bertz CT molecular complexity index is 434. The number of carbonyl (C=O) groups is 1. The predicted molar refractivity (Wildman–Crippen MR) is 86.0 cm³/mol. The van der Waals surface area contributed by atoms with E-state index in [1.165, 1.54) is 19.1 Å². The average molecular weight is 318 g/mol. The van der Waals surface area contributed by atoms with Crippen LogP contribution in [-0.4, -0.2) is 38.5 Å². The summed E-state index contributed by atoms with van der Waals surface area (Å²) in [5, 5.41) is 5.92. The fraction of sp³-hybridized carbons (Fsp3) is 0.933. The maximum Gasteiger partial charge on any atom is 0.315 e. The lowest BCUT2D eigenvalue weighted by molar-refractivity contribution is 0.192. The molecule has 0 aromatic heterocycles. The molecule has 1 rings (SSSR count). The summed E-state index contributed by atoms with van der Waals surface area (Å²) in [6, 6.07) is -0.0739. The molecule has 1 aliphatic carbocycles. The van der Waals surface area contributed by atoms with Crippen LogP contribution >= 0.6 is 0 Å². The first-order valence-corrected chi connectivity index (χ1v) is 10.00. The lowest BCUT2D eigenvalue weighted by Gasteiger charge is -2.35. The first kappa shape index (κ1) is 18.3. The third-order valence-electron chi connectivity index (χ3n) is 4.29. The Morgan fingerprint density at radius 2 is 1.81 bits per heavy atom. The molecule has 6 heteroatoms. The molecular formula is C15H30N2O3S. The Morgan fingerprint density at radius 3 is 2.38 bits per heavy atom. The molecule has 5 nitrogen and oxygen atoms in total. The summed E-state index contributed by atoms with van der Waals surface area (Å²) in [6.07, 6.45) is 6.28. The van der Waals surface area contributed by atoms with E-state index in [0.29, 0.717) is 18.3 Å². The highest BCUT2D eigenvalue weighted by Crippen LogP contribution is 2.30. The van der Waals surface area contributed by atoms with Crippen LogP contribution in [0.5, 0.6) is 0 Å². The Morgan fingerprint density at radius 1 is 1.19 bits per heavy atom. The number of rotatable bonds is 6. The second-order valence-corrected chi connectivity index (χ2v) is 9.00. The third-order valence-corrected chi connectivity index (χ3v) is 5.27. The normalized spacial score (nSPS) is 24.6. The van der Waals surface area contributed by atoms with Crippen LogP contribution in [0.3, 0.4) is 0 Å². The lowest BCUT2D eigenvalue weighted by atomic mass is 9.78. The zero-order valence-corrected chi connectivity index (χ0v) is 14.5. The number of urea groups is 1. The summed E-state index contributed by atoms with van der Waals surface area (Å²) >= 11 is 0. The lowest BCUT2D eigenvalue weighted by Crippen LogP contribution is -2.50. The largest absolute Gasteiger partial charge is 0.336 e. The molecule has 1 aliphatic rings. The quantitative estimate of drug-likeness (QED) is 0.789. The van der Waals surface area contributed by atoms with Gasteiger partial charge in [0, 0.05) is 18.3 Å². The third kappa shape index (κ3) is 7.16. The maximum atomic E-state index is 12.0. The van der Waals surface area contributed by atoms with E-state index in [0.717, 1.165) is 12.8 Å². The Balaban J connectivity index is 2.41. The van der Waals surface area contributed by atoms with Gasteiger partial charge in [-0.3, -0.25) is 0 Å². The van der Waals surface area contributed by atoms with E-state index in [1.54, 1.807) is 0 Å². The van der Waals surface area contributed by atoms with Crippen molar-refractivity contribution in [1.82, 2.24) is 10.6 Å². The molecule has 0 spiro atoms. The second kappa shape index (κ2) is 8.01. The minimum absolute atomic E-state index is 0.104. The van der Waals surface area contributed by atoms with Crippen LogP contribution in [0.2, 0.25) is 0 Å². The molecule has 3 atom stereocenters. The summed E-state index contributed by atoms with van der Waals surface area (Å²) < 4.78 is 22.3. The van der Waals surface area contributed by atoms with E-state index in [2.05, 4.69) is 24.5 Å². The van der Waals surface area contributed by atoms with Crippen molar-refractivity contribution < 1.29 is 13.2 Å². The first-order chi connectivity index (χ1) is 9.69. The van der Waals surface area contributed by atoms with E-state index in [9.17, 15) is 13.2 Å². The molecule has 0 saturated heterocycles. The second-order valence-electron chi connectivity index (χ2n) is 6.74. The number of hydrogen-bond acceptors (Lipinski definition) is 3. The van der Waals surface area contributed by atoms with Crippen LogP contribution in [0.4, 0.5) is 4.79 Å². The minimum atomic E-state index is -2.97. The van der Waals surface area contributed by atoms with Crippen LogP contribution in [-0.2, 0) is 9.84 Å². The summed E-state index contributed by atoms with van der Waals surface area (Å²) in [7, 11) is -2.97. The van der Waals surface area contributed by atoms with Crippen molar-refractivity contribution >= 4 is 15.9 Å². The molecule has 0 radical (unpaired) electrons. The highest BCUT2D eigenvalue weighted by molar-refractivity contribution is 7.90. The van der Waals surface area contributed by atoms with Gasteiger partial charge in [0.15, 0.2) is 0 Å². The van der Waals surface area contributed by atoms with Gasteiger partial charge in [-0.05, 0) is 38.0 Å². The number of sulfone groups is 1. The van der Waals surface area contributed by atoms with Gasteiger partial charge in [0.2, 0.25) is 0 Å². The van der Waals surface area contributed by atoms with Crippen LogP contribution < -0.4 is 10.6 Å². The molecule has 0 aliphatic heterocycles. The van der Waals surface area contributed by atoms with Gasteiger partial charge < -0.3 is 10.6 Å². The Hall–Kier alpha value is -0.780. The first-order valence-electron chi connectivity index (χ1n) is 7.94. The number of carbonyl (C=O) groups excluding carboxylic acids is 1. The van der Waals surface area contributed by atoms with Crippen LogP contribution in [0.1, 0.15) is 52.9 Å². The molecule has 1 fully saturated rings. The fourth-order valence-electron chi connectivity index (χ4n) is 3.03. The summed E-state index contributed by atoms with van der Waals surface area (Å²) in [5.41, 5.74) is 0. The van der Waals surface area contributed by atoms with Gasteiger partial charge in [-0.2, -0.15) is 0 Å². The van der Waals surface area contributed by atoms with Crippen LogP contribution in [0, 0.1) is 11.8 Å². The molecule has 0 unspecified atom stereocenters. The van der Waals surface area contributed by atoms with E-state index < -0.39 is 9.84 Å². The summed E-state index contributed by atoms with van der Waals surface area (Å²) in [4.78, 5) is 12.0. The van der Waals surface area contributed by atoms with E-state index in [1.807, 2.05) is 6.92 Å². The van der Waals surface area contributed by atoms with E-state index >= 15 is 0 Å². The Kier molecular flexibility index (Phi) is 6.97. The van der Waals surface area contributed by atoms with Gasteiger partial charge in [-0.15, -0.1) is 0 Å². The smallest absolute Gasteiger partial charge is 0.315 e. The molecule has 0 aromatic carbocycles. The molecule has 2 N–H and O–H groups in total. The van der Waals surface area contributed by atoms with E-state index in [4.69, 9.17) is 0 Å². The number of amides is 2. The van der Waals surface area contributed by atoms with Gasteiger partial charge in [0.25, 0.3) is 0 Å². The van der Waals surface area contributed by atoms with Crippen LogP contribution in [0.15, 0.2) is 0 Å². The van der Waals surface area contributed by atoms with Crippen molar-refractivity contribution in [3.8, 4) is 0 Å². The molecule has 21 heavy (non-hydrogen) atoms. The van der Waals surface area contributed by atoms with Gasteiger partial charge in [0.05, 0.1) is 5.75 Å². The molecule has 0 bridgehead atoms. The highest BCUT2D eigenvalue weighted by Gasteiger charge is 2.28. The molecule has 124 valence electrons. The van der Waals surface area contributed by atoms with Gasteiger partial charge in [-0.1, -0.05) is 26.7 Å². The van der Waals surface area contributed by atoms with Gasteiger partial charge in [-0.25, -0.2) is 13.2 Å². The van der Waals surface area contributed by atoms with Crippen molar-refractivity contribution in [2.24, 2.45) is 11.8 Å². The fourth-order valence-corrected chi connectivity index (χ4v) is 3.82. The number of hydrogen-bond donors (Lipinski definition) is 2. The van der Waals surface area contributed by atoms with Gasteiger partial charge in [0.1, 0.15) is 9.84 Å². The monoisotopic (exact) mass is 318 g/mol. The summed E-state index contributed by atoms with van der Waals surface area (Å²) in [5.74, 6) is 1.21. The highest BCUT2D eigenvalue weighted by atomic mass is 32.2. The topological polar surface area (TPSA) is 75.3 Å². The zero-order valence-electron chi connectivity index (χ0n) is 13.7. The zero-order chi connectivity index (χ0) is 16.0. The summed E-state index contributed by atoms with van der Waals surface area (Å²) in [6.45, 7) is 6.25. The molecule has 2 amide bonds. The van der Waals surface area contributed by atoms with Crippen molar-refractivity contribution in [1.29, 1.82) is 0 Å². The predicted octanol–water partition coefficient (Wildman–Crippen LogP) is 2.32. The number of nitrogens with one attached hydrogen (secondary N) is 2. The van der Waals surface area contributed by atoms with Crippen molar-refractivity contribution in [3.63, 3.8) is 0 Å². The molecule has 0 aromatic rings. The molecular weight excluding hydrogens is 288 g/mol.